The molecule has 5 nitrogen and oxygen atoms in total. The van der Waals surface area contributed by atoms with Gasteiger partial charge in [0.25, 0.3) is 0 Å². The second-order valence-corrected chi connectivity index (χ2v) is 4.33. The lowest BCUT2D eigenvalue weighted by molar-refractivity contribution is -0.142. The number of rotatable bonds is 6. The predicted octanol–water partition coefficient (Wildman–Crippen LogP) is 1.04. The molecule has 0 amide bonds. The van der Waals surface area contributed by atoms with Gasteiger partial charge in [0.1, 0.15) is 6.04 Å². The van der Waals surface area contributed by atoms with Gasteiger partial charge in [-0.25, -0.2) is 0 Å². The summed E-state index contributed by atoms with van der Waals surface area (Å²) in [6.07, 6.45) is 3.30. The van der Waals surface area contributed by atoms with Gasteiger partial charge < -0.3 is 10.2 Å². The molecule has 16 heavy (non-hydrogen) atoms. The van der Waals surface area contributed by atoms with E-state index < -0.39 is 23.9 Å². The van der Waals surface area contributed by atoms with Crippen LogP contribution >= 0.6 is 0 Å². The number of hydrogen-bond acceptors (Lipinski definition) is 3. The summed E-state index contributed by atoms with van der Waals surface area (Å²) in [6.45, 7) is 3.14. The fourth-order valence-electron chi connectivity index (χ4n) is 2.15. The Kier molecular flexibility index (Phi) is 4.73. The second-order valence-electron chi connectivity index (χ2n) is 4.33. The molecule has 5 heteroatoms. The van der Waals surface area contributed by atoms with Crippen LogP contribution in [0.2, 0.25) is 0 Å². The fraction of sp³-hybridized carbons (Fsp3) is 0.818. The molecule has 0 aromatic heterocycles. The Morgan fingerprint density at radius 2 is 1.94 bits per heavy atom. The minimum Gasteiger partial charge on any atom is -0.481 e. The van der Waals surface area contributed by atoms with Gasteiger partial charge in [-0.3, -0.25) is 14.5 Å². The van der Waals surface area contributed by atoms with Crippen LogP contribution in [0.5, 0.6) is 0 Å². The minimum absolute atomic E-state index is 0.233. The highest BCUT2D eigenvalue weighted by Crippen LogP contribution is 2.24. The molecule has 2 unspecified atom stereocenters. The van der Waals surface area contributed by atoms with E-state index in [-0.39, 0.29) is 6.42 Å². The quantitative estimate of drug-likeness (QED) is 0.665. The Bertz CT molecular complexity index is 267. The van der Waals surface area contributed by atoms with Crippen molar-refractivity contribution < 1.29 is 19.8 Å². The van der Waals surface area contributed by atoms with Crippen molar-refractivity contribution in [3.63, 3.8) is 0 Å². The normalized spacial score (nSPS) is 25.8. The van der Waals surface area contributed by atoms with Crippen LogP contribution in [0.1, 0.15) is 32.6 Å². The van der Waals surface area contributed by atoms with E-state index in [0.717, 1.165) is 19.3 Å². The number of likely N-dealkylation sites (tertiary alicyclic amines) is 1. The van der Waals surface area contributed by atoms with Gasteiger partial charge in [-0.05, 0) is 19.4 Å². The Hall–Kier alpha value is -1.10. The van der Waals surface area contributed by atoms with Gasteiger partial charge in [0.15, 0.2) is 0 Å². The van der Waals surface area contributed by atoms with E-state index in [2.05, 4.69) is 6.92 Å². The van der Waals surface area contributed by atoms with Crippen molar-refractivity contribution in [3.8, 4) is 0 Å². The Morgan fingerprint density at radius 1 is 1.25 bits per heavy atom. The van der Waals surface area contributed by atoms with E-state index >= 15 is 0 Å². The molecule has 0 aromatic carbocycles. The van der Waals surface area contributed by atoms with Crippen molar-refractivity contribution in [2.75, 3.05) is 13.1 Å². The van der Waals surface area contributed by atoms with Gasteiger partial charge in [-0.2, -0.15) is 0 Å². The third kappa shape index (κ3) is 3.20. The van der Waals surface area contributed by atoms with Crippen molar-refractivity contribution in [1.82, 2.24) is 4.90 Å². The summed E-state index contributed by atoms with van der Waals surface area (Å²) in [5.74, 6) is -2.31. The molecule has 0 bridgehead atoms. The first-order chi connectivity index (χ1) is 7.56. The molecule has 0 radical (unpaired) electrons. The topological polar surface area (TPSA) is 77.8 Å². The molecule has 1 aliphatic heterocycles. The number of aliphatic carboxylic acids is 2. The number of carboxylic acid groups (broad SMARTS) is 2. The lowest BCUT2D eigenvalue weighted by Gasteiger charge is -2.20. The number of carboxylic acids is 2. The van der Waals surface area contributed by atoms with Crippen LogP contribution in [0.3, 0.4) is 0 Å². The molecule has 2 atom stereocenters. The zero-order valence-corrected chi connectivity index (χ0v) is 9.56. The van der Waals surface area contributed by atoms with Crippen molar-refractivity contribution in [2.24, 2.45) is 5.92 Å². The summed E-state index contributed by atoms with van der Waals surface area (Å²) in [6, 6.07) is -0.613. The standard InChI is InChI=1S/C11H19NO4/c1-2-3-4-5-12-7-8(10(13)14)6-9(12)11(15)16/h8-9H,2-7H2,1H3,(H,13,14)(H,15,16). The molecule has 0 spiro atoms. The molecule has 1 saturated heterocycles. The van der Waals surface area contributed by atoms with Crippen LogP contribution in [0.15, 0.2) is 0 Å². The van der Waals surface area contributed by atoms with Crippen molar-refractivity contribution in [3.05, 3.63) is 0 Å². The summed E-state index contributed by atoms with van der Waals surface area (Å²) in [5, 5.41) is 17.9. The molecule has 92 valence electrons. The lowest BCUT2D eigenvalue weighted by atomic mass is 10.1. The maximum absolute atomic E-state index is 11.0. The van der Waals surface area contributed by atoms with E-state index in [1.165, 1.54) is 0 Å². The summed E-state index contributed by atoms with van der Waals surface area (Å²) in [7, 11) is 0. The number of carbonyl (C=O) groups is 2. The molecule has 0 aromatic rings. The maximum atomic E-state index is 11.0. The molecule has 0 saturated carbocycles. The SMILES string of the molecule is CCCCCN1CC(C(=O)O)CC1C(=O)O. The van der Waals surface area contributed by atoms with Crippen LogP contribution in [0, 0.1) is 5.92 Å². The molecule has 1 fully saturated rings. The Morgan fingerprint density at radius 3 is 2.44 bits per heavy atom. The van der Waals surface area contributed by atoms with Crippen LogP contribution in [-0.2, 0) is 9.59 Å². The summed E-state index contributed by atoms with van der Waals surface area (Å²) in [5.41, 5.74) is 0. The fourth-order valence-corrected chi connectivity index (χ4v) is 2.15. The van der Waals surface area contributed by atoms with Gasteiger partial charge in [0.2, 0.25) is 0 Å². The first-order valence-electron chi connectivity index (χ1n) is 5.76. The van der Waals surface area contributed by atoms with Gasteiger partial charge >= 0.3 is 11.9 Å². The third-order valence-electron chi connectivity index (χ3n) is 3.09. The van der Waals surface area contributed by atoms with Gasteiger partial charge in [-0.15, -0.1) is 0 Å². The summed E-state index contributed by atoms with van der Waals surface area (Å²) < 4.78 is 0. The third-order valence-corrected chi connectivity index (χ3v) is 3.09. The largest absolute Gasteiger partial charge is 0.481 e. The Balaban J connectivity index is 2.52. The maximum Gasteiger partial charge on any atom is 0.320 e. The smallest absolute Gasteiger partial charge is 0.320 e. The molecule has 1 aliphatic rings. The highest BCUT2D eigenvalue weighted by atomic mass is 16.4. The van der Waals surface area contributed by atoms with Crippen molar-refractivity contribution >= 4 is 11.9 Å². The van der Waals surface area contributed by atoms with Crippen molar-refractivity contribution in [2.45, 2.75) is 38.6 Å². The molecule has 0 aliphatic carbocycles. The molecular formula is C11H19NO4. The van der Waals surface area contributed by atoms with Crippen LogP contribution in [0.4, 0.5) is 0 Å². The first-order valence-corrected chi connectivity index (χ1v) is 5.76. The van der Waals surface area contributed by atoms with Crippen LogP contribution in [0.25, 0.3) is 0 Å². The average Bonchev–Trinajstić information content (AvgIpc) is 2.62. The molecular weight excluding hydrogens is 210 g/mol. The number of hydrogen-bond donors (Lipinski definition) is 2. The van der Waals surface area contributed by atoms with E-state index in [4.69, 9.17) is 10.2 Å². The van der Waals surface area contributed by atoms with E-state index in [1.54, 1.807) is 4.90 Å². The van der Waals surface area contributed by atoms with Gasteiger partial charge in [0, 0.05) is 6.54 Å². The van der Waals surface area contributed by atoms with E-state index in [0.29, 0.717) is 13.1 Å². The second kappa shape index (κ2) is 5.84. The zero-order chi connectivity index (χ0) is 12.1. The van der Waals surface area contributed by atoms with Gasteiger partial charge in [-0.1, -0.05) is 19.8 Å². The highest BCUT2D eigenvalue weighted by molar-refractivity contribution is 5.77. The number of unbranched alkanes of at least 4 members (excludes halogenated alkanes) is 2. The van der Waals surface area contributed by atoms with E-state index in [9.17, 15) is 9.59 Å². The average molecular weight is 229 g/mol. The molecule has 2 N–H and O–H groups in total. The lowest BCUT2D eigenvalue weighted by Crippen LogP contribution is -2.36. The first kappa shape index (κ1) is 13.0. The summed E-state index contributed by atoms with van der Waals surface area (Å²) >= 11 is 0. The Labute approximate surface area is 95.1 Å². The molecule has 1 heterocycles. The summed E-state index contributed by atoms with van der Waals surface area (Å²) in [4.78, 5) is 23.6. The van der Waals surface area contributed by atoms with E-state index in [1.807, 2.05) is 0 Å². The zero-order valence-electron chi connectivity index (χ0n) is 9.56. The predicted molar refractivity (Wildman–Crippen MR) is 58.3 cm³/mol. The van der Waals surface area contributed by atoms with Gasteiger partial charge in [0.05, 0.1) is 5.92 Å². The minimum atomic E-state index is -0.903. The molecule has 1 rings (SSSR count). The van der Waals surface area contributed by atoms with Crippen LogP contribution in [-0.4, -0.2) is 46.2 Å². The highest BCUT2D eigenvalue weighted by Gasteiger charge is 2.39. The van der Waals surface area contributed by atoms with Crippen LogP contribution < -0.4 is 0 Å². The number of nitrogens with zero attached hydrogens (tertiary/aromatic N) is 1. The van der Waals surface area contributed by atoms with Crippen molar-refractivity contribution in [1.29, 1.82) is 0 Å². The monoisotopic (exact) mass is 229 g/mol.